The van der Waals surface area contributed by atoms with Gasteiger partial charge in [0.05, 0.1) is 0 Å². The van der Waals surface area contributed by atoms with E-state index in [1.54, 1.807) is 0 Å². The second-order valence-electron chi connectivity index (χ2n) is 6.41. The van der Waals surface area contributed by atoms with Crippen molar-refractivity contribution in [3.8, 4) is 0 Å². The van der Waals surface area contributed by atoms with Crippen molar-refractivity contribution in [1.82, 2.24) is 0 Å². The first-order chi connectivity index (χ1) is 5.90. The zero-order valence-corrected chi connectivity index (χ0v) is 9.91. The van der Waals surface area contributed by atoms with E-state index in [-0.39, 0.29) is 0 Å². The number of fused-ring (bicyclic) bond motifs is 1. The van der Waals surface area contributed by atoms with Crippen LogP contribution in [0.5, 0.6) is 0 Å². The summed E-state index contributed by atoms with van der Waals surface area (Å²) in [6.45, 7) is 12.3. The fourth-order valence-electron chi connectivity index (χ4n) is 3.69. The second-order valence-corrected chi connectivity index (χ2v) is 6.41. The standard InChI is InChI=1S/C13H24/c1-6-7-10(2)11(3,4)13-8-12(13,5)9-13/h10H,6-9H2,1-5H3. The molecule has 2 fully saturated rings. The van der Waals surface area contributed by atoms with Crippen LogP contribution in [0, 0.1) is 22.2 Å². The minimum absolute atomic E-state index is 0.595. The lowest BCUT2D eigenvalue weighted by molar-refractivity contribution is 0.138. The molecule has 0 nitrogen and oxygen atoms in total. The molecule has 0 aromatic heterocycles. The highest BCUT2D eigenvalue weighted by atomic mass is 14.9. The van der Waals surface area contributed by atoms with E-state index in [0.29, 0.717) is 5.41 Å². The SMILES string of the molecule is CCCC(C)C(C)(C)C12CC1(C)C2. The van der Waals surface area contributed by atoms with Crippen LogP contribution in [-0.4, -0.2) is 0 Å². The molecule has 13 heavy (non-hydrogen) atoms. The van der Waals surface area contributed by atoms with Crippen molar-refractivity contribution in [2.75, 3.05) is 0 Å². The lowest BCUT2D eigenvalue weighted by Gasteiger charge is -2.35. The molecular formula is C13H24. The Morgan fingerprint density at radius 2 is 1.77 bits per heavy atom. The molecule has 0 heterocycles. The Kier molecular flexibility index (Phi) is 1.71. The highest BCUT2D eigenvalue weighted by Crippen LogP contribution is 2.92. The minimum atomic E-state index is 0.595. The second kappa shape index (κ2) is 2.32. The molecule has 0 spiro atoms. The maximum Gasteiger partial charge on any atom is -0.0179 e. The fourth-order valence-corrected chi connectivity index (χ4v) is 3.69. The van der Waals surface area contributed by atoms with Crippen molar-refractivity contribution < 1.29 is 0 Å². The molecule has 0 amide bonds. The van der Waals surface area contributed by atoms with Crippen LogP contribution < -0.4 is 0 Å². The van der Waals surface area contributed by atoms with E-state index in [4.69, 9.17) is 0 Å². The Balaban J connectivity index is 2.05. The number of hydrogen-bond donors (Lipinski definition) is 0. The maximum atomic E-state index is 2.51. The first-order valence-corrected chi connectivity index (χ1v) is 5.90. The topological polar surface area (TPSA) is 0 Å². The molecule has 1 unspecified atom stereocenters. The van der Waals surface area contributed by atoms with Crippen LogP contribution >= 0.6 is 0 Å². The Morgan fingerprint density at radius 3 is 2.08 bits per heavy atom. The molecule has 0 aromatic rings. The van der Waals surface area contributed by atoms with Gasteiger partial charge < -0.3 is 0 Å². The van der Waals surface area contributed by atoms with Gasteiger partial charge in [-0.1, -0.05) is 47.5 Å². The summed E-state index contributed by atoms with van der Waals surface area (Å²) < 4.78 is 0. The van der Waals surface area contributed by atoms with Gasteiger partial charge in [-0.2, -0.15) is 0 Å². The van der Waals surface area contributed by atoms with E-state index in [2.05, 4.69) is 34.6 Å². The Hall–Kier alpha value is 0. The van der Waals surface area contributed by atoms with Crippen molar-refractivity contribution in [3.05, 3.63) is 0 Å². The van der Waals surface area contributed by atoms with Crippen LogP contribution in [-0.2, 0) is 0 Å². The molecular weight excluding hydrogens is 156 g/mol. The Labute approximate surface area is 83.1 Å². The first kappa shape index (κ1) is 9.55. The predicted octanol–water partition coefficient (Wildman–Crippen LogP) is 4.25. The lowest BCUT2D eigenvalue weighted by Crippen LogP contribution is -2.27. The van der Waals surface area contributed by atoms with Gasteiger partial charge >= 0.3 is 0 Å². The van der Waals surface area contributed by atoms with Gasteiger partial charge in [0.2, 0.25) is 0 Å². The quantitative estimate of drug-likeness (QED) is 0.606. The monoisotopic (exact) mass is 180 g/mol. The summed E-state index contributed by atoms with van der Waals surface area (Å²) in [4.78, 5) is 0. The van der Waals surface area contributed by atoms with Gasteiger partial charge in [0.1, 0.15) is 0 Å². The summed E-state index contributed by atoms with van der Waals surface area (Å²) in [5.41, 5.74) is 2.14. The van der Waals surface area contributed by atoms with Crippen LogP contribution in [0.1, 0.15) is 60.3 Å². The van der Waals surface area contributed by atoms with E-state index in [1.807, 2.05) is 0 Å². The van der Waals surface area contributed by atoms with Crippen LogP contribution in [0.3, 0.4) is 0 Å². The zero-order chi connectivity index (χ0) is 9.91. The van der Waals surface area contributed by atoms with Crippen LogP contribution in [0.4, 0.5) is 0 Å². The van der Waals surface area contributed by atoms with E-state index >= 15 is 0 Å². The molecule has 0 radical (unpaired) electrons. The van der Waals surface area contributed by atoms with Gasteiger partial charge in [-0.25, -0.2) is 0 Å². The molecule has 2 aliphatic carbocycles. The van der Waals surface area contributed by atoms with Crippen molar-refractivity contribution >= 4 is 0 Å². The van der Waals surface area contributed by atoms with Crippen LogP contribution in [0.2, 0.25) is 0 Å². The highest BCUT2D eigenvalue weighted by Gasteiger charge is 2.84. The highest BCUT2D eigenvalue weighted by molar-refractivity contribution is 5.33. The molecule has 2 aliphatic rings. The van der Waals surface area contributed by atoms with E-state index in [0.717, 1.165) is 16.7 Å². The molecule has 0 N–H and O–H groups in total. The third-order valence-electron chi connectivity index (χ3n) is 5.48. The third-order valence-corrected chi connectivity index (χ3v) is 5.48. The first-order valence-electron chi connectivity index (χ1n) is 5.90. The number of hydrogen-bond acceptors (Lipinski definition) is 0. The summed E-state index contributed by atoms with van der Waals surface area (Å²) >= 11 is 0. The summed E-state index contributed by atoms with van der Waals surface area (Å²) in [5, 5.41) is 0. The van der Waals surface area contributed by atoms with Gasteiger partial charge in [0.25, 0.3) is 0 Å². The van der Waals surface area contributed by atoms with Crippen LogP contribution in [0.25, 0.3) is 0 Å². The van der Waals surface area contributed by atoms with Gasteiger partial charge in [0, 0.05) is 0 Å². The van der Waals surface area contributed by atoms with Crippen molar-refractivity contribution in [2.45, 2.75) is 60.3 Å². The zero-order valence-electron chi connectivity index (χ0n) is 9.91. The van der Waals surface area contributed by atoms with Crippen molar-refractivity contribution in [3.63, 3.8) is 0 Å². The maximum absolute atomic E-state index is 2.51. The smallest absolute Gasteiger partial charge is 0.0179 e. The summed E-state index contributed by atoms with van der Waals surface area (Å²) in [7, 11) is 0. The molecule has 1 atom stereocenters. The molecule has 0 aliphatic heterocycles. The molecule has 0 saturated heterocycles. The Morgan fingerprint density at radius 1 is 1.31 bits per heavy atom. The largest absolute Gasteiger partial charge is 0.0654 e. The van der Waals surface area contributed by atoms with Crippen molar-refractivity contribution in [1.29, 1.82) is 0 Å². The Bertz CT molecular complexity index is 218. The summed E-state index contributed by atoms with van der Waals surface area (Å²) in [5.74, 6) is 0.904. The van der Waals surface area contributed by atoms with Crippen LogP contribution in [0.15, 0.2) is 0 Å². The average Bonchev–Trinajstić information content (AvgIpc) is 2.74. The molecule has 0 heteroatoms. The fraction of sp³-hybridized carbons (Fsp3) is 1.00. The molecule has 76 valence electrons. The predicted molar refractivity (Wildman–Crippen MR) is 57.6 cm³/mol. The third kappa shape index (κ3) is 0.980. The van der Waals surface area contributed by atoms with Gasteiger partial charge in [-0.3, -0.25) is 0 Å². The van der Waals surface area contributed by atoms with Crippen molar-refractivity contribution in [2.24, 2.45) is 22.2 Å². The summed E-state index contributed by atoms with van der Waals surface area (Å²) in [6.07, 6.45) is 5.78. The molecule has 0 bridgehead atoms. The van der Waals surface area contributed by atoms with E-state index in [1.165, 1.54) is 25.7 Å². The average molecular weight is 180 g/mol. The molecule has 2 saturated carbocycles. The normalized spacial score (nSPS) is 44.1. The van der Waals surface area contributed by atoms with E-state index in [9.17, 15) is 0 Å². The number of rotatable bonds is 4. The minimum Gasteiger partial charge on any atom is -0.0654 e. The lowest BCUT2D eigenvalue weighted by atomic mass is 9.70. The van der Waals surface area contributed by atoms with Gasteiger partial charge in [-0.15, -0.1) is 0 Å². The summed E-state index contributed by atoms with van der Waals surface area (Å²) in [6, 6.07) is 0. The van der Waals surface area contributed by atoms with Gasteiger partial charge in [-0.05, 0) is 35.0 Å². The molecule has 2 rings (SSSR count). The van der Waals surface area contributed by atoms with E-state index < -0.39 is 0 Å². The molecule has 0 aromatic carbocycles. The van der Waals surface area contributed by atoms with Gasteiger partial charge in [0.15, 0.2) is 0 Å².